The number of carbonyl (C=O) groups is 3. The number of benzene rings is 2. The molecule has 0 aliphatic carbocycles. The highest BCUT2D eigenvalue weighted by atomic mass is 79.9. The quantitative estimate of drug-likeness (QED) is 0.638. The molecule has 0 saturated carbocycles. The van der Waals surface area contributed by atoms with Crippen molar-refractivity contribution in [3.05, 3.63) is 64.1 Å². The summed E-state index contributed by atoms with van der Waals surface area (Å²) in [4.78, 5) is 39.5. The van der Waals surface area contributed by atoms with Crippen molar-refractivity contribution >= 4 is 39.5 Å². The van der Waals surface area contributed by atoms with Crippen LogP contribution in [-0.2, 0) is 15.1 Å². The average Bonchev–Trinajstić information content (AvgIpc) is 2.90. The van der Waals surface area contributed by atoms with Crippen LogP contribution in [0.4, 0.5) is 10.5 Å². The molecule has 6 nitrogen and oxygen atoms in total. The highest BCUT2D eigenvalue weighted by Gasteiger charge is 2.52. The Balaban J connectivity index is 1.81. The number of hydrogen-bond acceptors (Lipinski definition) is 3. The van der Waals surface area contributed by atoms with Crippen LogP contribution in [0.2, 0.25) is 0 Å². The van der Waals surface area contributed by atoms with E-state index in [9.17, 15) is 14.4 Å². The minimum atomic E-state index is -1.15. The summed E-state index contributed by atoms with van der Waals surface area (Å²) in [7, 11) is 0. The first-order chi connectivity index (χ1) is 13.7. The van der Waals surface area contributed by atoms with Gasteiger partial charge in [-0.1, -0.05) is 60.1 Å². The molecule has 2 aromatic carbocycles. The monoisotopic (exact) mass is 457 g/mol. The standard InChI is InChI=1S/C22H24BrN3O3/c1-14(2)12-22(16-7-5-4-6-8-16)20(28)26(21(29)25-22)13-19(27)24-17-9-10-18(23)15(3)11-17/h4-11,14H,12-13H2,1-3H3,(H,24,27)(H,25,29). The molecule has 0 spiro atoms. The summed E-state index contributed by atoms with van der Waals surface area (Å²) in [5.74, 6) is -0.660. The predicted molar refractivity (Wildman–Crippen MR) is 115 cm³/mol. The topological polar surface area (TPSA) is 78.5 Å². The smallest absolute Gasteiger partial charge is 0.325 e. The number of anilines is 1. The third-order valence-corrected chi connectivity index (χ3v) is 5.79. The zero-order valence-electron chi connectivity index (χ0n) is 16.7. The van der Waals surface area contributed by atoms with Gasteiger partial charge >= 0.3 is 6.03 Å². The number of nitrogens with zero attached hydrogens (tertiary/aromatic N) is 1. The van der Waals surface area contributed by atoms with E-state index >= 15 is 0 Å². The van der Waals surface area contributed by atoms with Gasteiger partial charge in [-0.25, -0.2) is 4.79 Å². The molecule has 1 aliphatic heterocycles. The molecule has 1 unspecified atom stereocenters. The molecular weight excluding hydrogens is 434 g/mol. The first-order valence-corrected chi connectivity index (χ1v) is 10.3. The molecule has 2 aromatic rings. The number of carbonyl (C=O) groups excluding carboxylic acids is 3. The van der Waals surface area contributed by atoms with Crippen LogP contribution < -0.4 is 10.6 Å². The second-order valence-electron chi connectivity index (χ2n) is 7.70. The molecule has 7 heteroatoms. The summed E-state index contributed by atoms with van der Waals surface area (Å²) in [5, 5.41) is 5.60. The Kier molecular flexibility index (Phi) is 6.07. The van der Waals surface area contributed by atoms with E-state index in [1.54, 1.807) is 6.07 Å². The molecule has 29 heavy (non-hydrogen) atoms. The summed E-state index contributed by atoms with van der Waals surface area (Å²) < 4.78 is 0.936. The maximum atomic E-state index is 13.3. The second-order valence-corrected chi connectivity index (χ2v) is 8.56. The number of rotatable bonds is 6. The van der Waals surface area contributed by atoms with Crippen molar-refractivity contribution in [1.82, 2.24) is 10.2 Å². The molecule has 1 aliphatic rings. The fourth-order valence-electron chi connectivity index (χ4n) is 3.62. The molecule has 0 bridgehead atoms. The van der Waals surface area contributed by atoms with Crippen LogP contribution in [0.25, 0.3) is 0 Å². The van der Waals surface area contributed by atoms with Crippen LogP contribution >= 0.6 is 15.9 Å². The van der Waals surface area contributed by atoms with Gasteiger partial charge in [0.05, 0.1) is 0 Å². The maximum absolute atomic E-state index is 13.3. The molecular formula is C22H24BrN3O3. The average molecular weight is 458 g/mol. The van der Waals surface area contributed by atoms with Gasteiger partial charge in [0.15, 0.2) is 0 Å². The van der Waals surface area contributed by atoms with Crippen LogP contribution in [0.3, 0.4) is 0 Å². The molecule has 2 N–H and O–H groups in total. The number of aryl methyl sites for hydroxylation is 1. The van der Waals surface area contributed by atoms with Crippen molar-refractivity contribution in [2.45, 2.75) is 32.7 Å². The summed E-state index contributed by atoms with van der Waals surface area (Å²) in [6.45, 7) is 5.56. The first-order valence-electron chi connectivity index (χ1n) is 9.48. The number of hydrogen-bond donors (Lipinski definition) is 2. The van der Waals surface area contributed by atoms with Crippen molar-refractivity contribution < 1.29 is 14.4 Å². The van der Waals surface area contributed by atoms with Crippen molar-refractivity contribution in [2.75, 3.05) is 11.9 Å². The van der Waals surface area contributed by atoms with E-state index in [0.29, 0.717) is 12.1 Å². The maximum Gasteiger partial charge on any atom is 0.325 e. The van der Waals surface area contributed by atoms with Gasteiger partial charge in [-0.15, -0.1) is 0 Å². The van der Waals surface area contributed by atoms with Crippen molar-refractivity contribution in [3.63, 3.8) is 0 Å². The van der Waals surface area contributed by atoms with Gasteiger partial charge in [-0.05, 0) is 48.6 Å². The van der Waals surface area contributed by atoms with Crippen LogP contribution in [-0.4, -0.2) is 29.3 Å². The fraction of sp³-hybridized carbons (Fsp3) is 0.318. The zero-order chi connectivity index (χ0) is 21.2. The number of halogens is 1. The third-order valence-electron chi connectivity index (χ3n) is 4.90. The lowest BCUT2D eigenvalue weighted by molar-refractivity contribution is -0.134. The number of nitrogens with one attached hydrogen (secondary N) is 2. The van der Waals surface area contributed by atoms with E-state index in [1.165, 1.54) is 0 Å². The minimum absolute atomic E-state index is 0.166. The van der Waals surface area contributed by atoms with Gasteiger partial charge in [0.2, 0.25) is 5.91 Å². The second kappa shape index (κ2) is 8.37. The van der Waals surface area contributed by atoms with Crippen LogP contribution in [0, 0.1) is 12.8 Å². The SMILES string of the molecule is Cc1cc(NC(=O)CN2C(=O)NC(CC(C)C)(c3ccccc3)C2=O)ccc1Br. The summed E-state index contributed by atoms with van der Waals surface area (Å²) >= 11 is 3.42. The molecule has 1 heterocycles. The van der Waals surface area contributed by atoms with E-state index in [2.05, 4.69) is 26.6 Å². The van der Waals surface area contributed by atoms with Crippen LogP contribution in [0.5, 0.6) is 0 Å². The van der Waals surface area contributed by atoms with E-state index < -0.39 is 23.4 Å². The number of urea groups is 1. The van der Waals surface area contributed by atoms with Gasteiger partial charge in [-0.2, -0.15) is 0 Å². The third kappa shape index (κ3) is 4.34. The highest BCUT2D eigenvalue weighted by molar-refractivity contribution is 9.10. The Bertz CT molecular complexity index is 946. The van der Waals surface area contributed by atoms with Gasteiger partial charge in [0.25, 0.3) is 5.91 Å². The molecule has 0 radical (unpaired) electrons. The first kappa shape index (κ1) is 21.0. The Labute approximate surface area is 178 Å². The molecule has 1 fully saturated rings. The lowest BCUT2D eigenvalue weighted by Gasteiger charge is -2.29. The van der Waals surface area contributed by atoms with E-state index in [4.69, 9.17) is 0 Å². The Morgan fingerprint density at radius 3 is 2.48 bits per heavy atom. The lowest BCUT2D eigenvalue weighted by Crippen LogP contribution is -2.45. The molecule has 3 rings (SSSR count). The zero-order valence-corrected chi connectivity index (χ0v) is 18.2. The van der Waals surface area contributed by atoms with Gasteiger partial charge in [0.1, 0.15) is 12.1 Å². The summed E-state index contributed by atoms with van der Waals surface area (Å²) in [6.07, 6.45) is 0.450. The highest BCUT2D eigenvalue weighted by Crippen LogP contribution is 2.35. The molecule has 4 amide bonds. The molecule has 152 valence electrons. The lowest BCUT2D eigenvalue weighted by atomic mass is 9.82. The molecule has 1 atom stereocenters. The summed E-state index contributed by atoms with van der Waals surface area (Å²) in [5.41, 5.74) is 1.15. The van der Waals surface area contributed by atoms with Crippen LogP contribution in [0.15, 0.2) is 53.0 Å². The van der Waals surface area contributed by atoms with Crippen molar-refractivity contribution in [3.8, 4) is 0 Å². The van der Waals surface area contributed by atoms with Crippen molar-refractivity contribution in [1.29, 1.82) is 0 Å². The fourth-order valence-corrected chi connectivity index (χ4v) is 3.87. The van der Waals surface area contributed by atoms with E-state index in [-0.39, 0.29) is 12.5 Å². The molecule has 1 saturated heterocycles. The minimum Gasteiger partial charge on any atom is -0.325 e. The Hall–Kier alpha value is -2.67. The largest absolute Gasteiger partial charge is 0.325 e. The normalized spacial score (nSPS) is 18.9. The van der Waals surface area contributed by atoms with Crippen LogP contribution in [0.1, 0.15) is 31.4 Å². The predicted octanol–water partition coefficient (Wildman–Crippen LogP) is 4.19. The van der Waals surface area contributed by atoms with Gasteiger partial charge < -0.3 is 10.6 Å². The number of imide groups is 1. The van der Waals surface area contributed by atoms with E-state index in [0.717, 1.165) is 20.5 Å². The van der Waals surface area contributed by atoms with Gasteiger partial charge in [0, 0.05) is 10.2 Å². The van der Waals surface area contributed by atoms with Gasteiger partial charge in [-0.3, -0.25) is 14.5 Å². The number of amides is 4. The Morgan fingerprint density at radius 1 is 1.17 bits per heavy atom. The van der Waals surface area contributed by atoms with Crippen molar-refractivity contribution in [2.24, 2.45) is 5.92 Å². The molecule has 0 aromatic heterocycles. The van der Waals surface area contributed by atoms with E-state index in [1.807, 2.05) is 63.2 Å². The summed E-state index contributed by atoms with van der Waals surface area (Å²) in [6, 6.07) is 14.0. The Morgan fingerprint density at radius 2 is 1.86 bits per heavy atom.